The fourth-order valence-electron chi connectivity index (χ4n) is 4.34. The second-order valence-corrected chi connectivity index (χ2v) is 8.09. The largest absolute Gasteiger partial charge is 0.299 e. The maximum atomic E-state index is 5.45. The van der Waals surface area contributed by atoms with Crippen LogP contribution in [-0.4, -0.2) is 14.8 Å². The average Bonchev–Trinajstić information content (AvgIpc) is 2.80. The number of aromatic nitrogens is 3. The van der Waals surface area contributed by atoms with Gasteiger partial charge in [-0.1, -0.05) is 25.7 Å². The lowest BCUT2D eigenvalue weighted by atomic mass is 9.67. The van der Waals surface area contributed by atoms with Gasteiger partial charge < -0.3 is 0 Å². The molecule has 112 valence electrons. The number of hydrogen-bond acceptors (Lipinski definition) is 2. The zero-order valence-electron chi connectivity index (χ0n) is 13.0. The van der Waals surface area contributed by atoms with Gasteiger partial charge in [0.05, 0.1) is 0 Å². The molecule has 3 rings (SSSR count). The van der Waals surface area contributed by atoms with Gasteiger partial charge in [0.25, 0.3) is 0 Å². The predicted octanol–water partition coefficient (Wildman–Crippen LogP) is 4.77. The first-order valence-electron chi connectivity index (χ1n) is 8.14. The van der Waals surface area contributed by atoms with E-state index in [0.717, 1.165) is 16.6 Å². The third kappa shape index (κ3) is 2.59. The normalized spacial score (nSPS) is 31.1. The number of aromatic amines is 1. The molecule has 0 radical (unpaired) electrons. The molecule has 1 aromatic rings. The molecule has 3 nitrogen and oxygen atoms in total. The Balaban J connectivity index is 1.85. The molecule has 0 aliphatic heterocycles. The van der Waals surface area contributed by atoms with Crippen molar-refractivity contribution in [2.75, 3.05) is 0 Å². The fourth-order valence-corrected chi connectivity index (χ4v) is 4.75. The molecule has 0 saturated heterocycles. The summed E-state index contributed by atoms with van der Waals surface area (Å²) in [5.41, 5.74) is 0.0167. The molecule has 1 N–H and O–H groups in total. The third-order valence-electron chi connectivity index (χ3n) is 5.27. The van der Waals surface area contributed by atoms with Crippen LogP contribution in [-0.2, 0) is 5.54 Å². The summed E-state index contributed by atoms with van der Waals surface area (Å²) in [5, 5.41) is 7.62. The van der Waals surface area contributed by atoms with E-state index in [2.05, 4.69) is 35.5 Å². The van der Waals surface area contributed by atoms with Crippen LogP contribution in [0.3, 0.4) is 0 Å². The highest BCUT2D eigenvalue weighted by molar-refractivity contribution is 7.71. The van der Waals surface area contributed by atoms with Gasteiger partial charge >= 0.3 is 0 Å². The minimum atomic E-state index is 0.0167. The zero-order valence-corrected chi connectivity index (χ0v) is 13.8. The molecule has 1 heterocycles. The molecule has 3 atom stereocenters. The van der Waals surface area contributed by atoms with Crippen molar-refractivity contribution in [3.05, 3.63) is 10.6 Å². The van der Waals surface area contributed by atoms with Gasteiger partial charge in [0.2, 0.25) is 0 Å². The molecule has 4 heteroatoms. The van der Waals surface area contributed by atoms with Gasteiger partial charge in [-0.2, -0.15) is 5.10 Å². The highest BCUT2D eigenvalue weighted by Gasteiger charge is 2.35. The van der Waals surface area contributed by atoms with Gasteiger partial charge in [0.1, 0.15) is 5.82 Å². The highest BCUT2D eigenvalue weighted by Crippen LogP contribution is 2.46. The molecule has 3 unspecified atom stereocenters. The van der Waals surface area contributed by atoms with Crippen molar-refractivity contribution < 1.29 is 0 Å². The molecule has 2 saturated carbocycles. The predicted molar refractivity (Wildman–Crippen MR) is 84.4 cm³/mol. The molecule has 2 aliphatic carbocycles. The second kappa shape index (κ2) is 5.28. The summed E-state index contributed by atoms with van der Waals surface area (Å²) in [7, 11) is 0. The summed E-state index contributed by atoms with van der Waals surface area (Å²) >= 11 is 5.45. The molecule has 1 aromatic heterocycles. The molecule has 2 fully saturated rings. The molecular formula is C16H27N3S. The van der Waals surface area contributed by atoms with Gasteiger partial charge in [-0.25, -0.2) is 0 Å². The Hall–Kier alpha value is -0.640. The second-order valence-electron chi connectivity index (χ2n) is 7.71. The lowest BCUT2D eigenvalue weighted by Crippen LogP contribution is -2.31. The number of rotatable bonds is 1. The van der Waals surface area contributed by atoms with Crippen molar-refractivity contribution in [1.29, 1.82) is 0 Å². The maximum absolute atomic E-state index is 5.45. The van der Waals surface area contributed by atoms with Gasteiger partial charge in [0.15, 0.2) is 4.77 Å². The van der Waals surface area contributed by atoms with Gasteiger partial charge in [-0.3, -0.25) is 9.67 Å². The van der Waals surface area contributed by atoms with Crippen LogP contribution >= 0.6 is 12.2 Å². The van der Waals surface area contributed by atoms with Crippen molar-refractivity contribution in [2.45, 2.75) is 77.2 Å². The van der Waals surface area contributed by atoms with Crippen LogP contribution in [0.15, 0.2) is 0 Å². The number of H-pyrrole nitrogens is 1. The Labute approximate surface area is 127 Å². The SMILES string of the molecule is CC(C)(C)n1c(C2CCC3CCCCC3C2)n[nH]c1=S. The Kier molecular flexibility index (Phi) is 3.78. The lowest BCUT2D eigenvalue weighted by molar-refractivity contribution is 0.149. The Morgan fingerprint density at radius 2 is 1.80 bits per heavy atom. The van der Waals surface area contributed by atoms with E-state index in [1.807, 2.05) is 0 Å². The van der Waals surface area contributed by atoms with Crippen LogP contribution in [0.4, 0.5) is 0 Å². The molecule has 20 heavy (non-hydrogen) atoms. The Bertz CT molecular complexity index is 523. The van der Waals surface area contributed by atoms with E-state index < -0.39 is 0 Å². The van der Waals surface area contributed by atoms with E-state index >= 15 is 0 Å². The van der Waals surface area contributed by atoms with E-state index in [9.17, 15) is 0 Å². The number of hydrogen-bond donors (Lipinski definition) is 1. The topological polar surface area (TPSA) is 33.6 Å². The smallest absolute Gasteiger partial charge is 0.195 e. The Morgan fingerprint density at radius 1 is 1.10 bits per heavy atom. The lowest BCUT2D eigenvalue weighted by Gasteiger charge is -2.39. The van der Waals surface area contributed by atoms with Crippen LogP contribution in [0.25, 0.3) is 0 Å². The molecule has 0 bridgehead atoms. The summed E-state index contributed by atoms with van der Waals surface area (Å²) in [4.78, 5) is 0. The van der Waals surface area contributed by atoms with Crippen LogP contribution in [0.1, 0.15) is 77.5 Å². The van der Waals surface area contributed by atoms with Crippen molar-refractivity contribution in [3.8, 4) is 0 Å². The minimum absolute atomic E-state index is 0.0167. The zero-order chi connectivity index (χ0) is 14.3. The monoisotopic (exact) mass is 293 g/mol. The summed E-state index contributed by atoms with van der Waals surface area (Å²) < 4.78 is 3.02. The quantitative estimate of drug-likeness (QED) is 0.757. The number of fused-ring (bicyclic) bond motifs is 1. The summed E-state index contributed by atoms with van der Waals surface area (Å²) in [6, 6.07) is 0. The average molecular weight is 293 g/mol. The van der Waals surface area contributed by atoms with Crippen molar-refractivity contribution in [2.24, 2.45) is 11.8 Å². The molecule has 2 aliphatic rings. The molecule has 0 aromatic carbocycles. The van der Waals surface area contributed by atoms with Gasteiger partial charge in [-0.15, -0.1) is 0 Å². The summed E-state index contributed by atoms with van der Waals surface area (Å²) in [5.74, 6) is 3.72. The van der Waals surface area contributed by atoms with Crippen molar-refractivity contribution in [3.63, 3.8) is 0 Å². The third-order valence-corrected chi connectivity index (χ3v) is 5.55. The Morgan fingerprint density at radius 3 is 2.50 bits per heavy atom. The van der Waals surface area contributed by atoms with E-state index in [1.54, 1.807) is 0 Å². The van der Waals surface area contributed by atoms with Crippen LogP contribution < -0.4 is 0 Å². The maximum Gasteiger partial charge on any atom is 0.195 e. The van der Waals surface area contributed by atoms with Crippen molar-refractivity contribution >= 4 is 12.2 Å². The van der Waals surface area contributed by atoms with Crippen molar-refractivity contribution in [1.82, 2.24) is 14.8 Å². The van der Waals surface area contributed by atoms with E-state index in [1.165, 1.54) is 50.8 Å². The van der Waals surface area contributed by atoms with Crippen LogP contribution in [0.2, 0.25) is 0 Å². The number of nitrogens with zero attached hydrogens (tertiary/aromatic N) is 2. The van der Waals surface area contributed by atoms with Gasteiger partial charge in [-0.05, 0) is 64.1 Å². The summed E-state index contributed by atoms with van der Waals surface area (Å²) in [6.07, 6.45) is 9.77. The number of nitrogens with one attached hydrogen (secondary N) is 1. The summed E-state index contributed by atoms with van der Waals surface area (Å²) in [6.45, 7) is 6.65. The first kappa shape index (κ1) is 14.3. The first-order valence-corrected chi connectivity index (χ1v) is 8.55. The molecular weight excluding hydrogens is 266 g/mol. The van der Waals surface area contributed by atoms with E-state index in [0.29, 0.717) is 5.92 Å². The molecule has 0 spiro atoms. The van der Waals surface area contributed by atoms with E-state index in [4.69, 9.17) is 12.2 Å². The standard InChI is InChI=1S/C16H27N3S/c1-16(2,3)19-14(17-18-15(19)20)13-9-8-11-6-4-5-7-12(11)10-13/h11-13H,4-10H2,1-3H3,(H,18,20). The van der Waals surface area contributed by atoms with Gasteiger partial charge in [0, 0.05) is 11.5 Å². The minimum Gasteiger partial charge on any atom is -0.299 e. The van der Waals surface area contributed by atoms with E-state index in [-0.39, 0.29) is 5.54 Å². The van der Waals surface area contributed by atoms with Crippen LogP contribution in [0.5, 0.6) is 0 Å². The highest BCUT2D eigenvalue weighted by atomic mass is 32.1. The van der Waals surface area contributed by atoms with Crippen LogP contribution in [0, 0.1) is 16.6 Å². The fraction of sp³-hybridized carbons (Fsp3) is 0.875. The molecule has 0 amide bonds. The first-order chi connectivity index (χ1) is 9.47.